The van der Waals surface area contributed by atoms with E-state index >= 15 is 0 Å². The van der Waals surface area contributed by atoms with Crippen LogP contribution in [0.1, 0.15) is 23.0 Å². The Morgan fingerprint density at radius 1 is 1.40 bits per heavy atom. The summed E-state index contributed by atoms with van der Waals surface area (Å²) >= 11 is 0. The summed E-state index contributed by atoms with van der Waals surface area (Å²) in [5, 5.41) is 29.4. The van der Waals surface area contributed by atoms with Crippen molar-refractivity contribution in [2.45, 2.75) is 24.6 Å². The maximum absolute atomic E-state index is 12.3. The van der Waals surface area contributed by atoms with Gasteiger partial charge in [0.1, 0.15) is 6.04 Å². The number of hydrogen-bond acceptors (Lipinski definition) is 6. The third kappa shape index (κ3) is 2.14. The van der Waals surface area contributed by atoms with Crippen LogP contribution in [0.3, 0.4) is 0 Å². The molecule has 108 valence electrons. The van der Waals surface area contributed by atoms with Crippen LogP contribution in [0.2, 0.25) is 0 Å². The number of nitrogens with one attached hydrogen (secondary N) is 1. The fourth-order valence-corrected chi connectivity index (χ4v) is 2.43. The number of carboxylic acids is 1. The maximum atomic E-state index is 12.3. The molecule has 1 aromatic rings. The first-order chi connectivity index (χ1) is 9.56. The number of β-amino-alcohol motifs (C(OH)–C–C–N with tert-alkyl or cyclic N) is 1. The number of amides is 1. The highest BCUT2D eigenvalue weighted by Crippen LogP contribution is 2.20. The zero-order chi connectivity index (χ0) is 14.3. The molecule has 2 atom stereocenters. The fourth-order valence-electron chi connectivity index (χ4n) is 2.43. The molecule has 9 heteroatoms. The minimum absolute atomic E-state index is 0.00758. The van der Waals surface area contributed by atoms with Crippen LogP contribution < -0.4 is 5.32 Å². The average molecular weight is 281 g/mol. The van der Waals surface area contributed by atoms with E-state index in [1.54, 1.807) is 4.68 Å². The highest BCUT2D eigenvalue weighted by Gasteiger charge is 2.40. The highest BCUT2D eigenvalue weighted by atomic mass is 16.4. The van der Waals surface area contributed by atoms with Crippen LogP contribution in [0.25, 0.3) is 0 Å². The van der Waals surface area contributed by atoms with Crippen molar-refractivity contribution in [3.63, 3.8) is 0 Å². The molecule has 2 fully saturated rings. The Kier molecular flexibility index (Phi) is 3.14. The van der Waals surface area contributed by atoms with E-state index in [0.717, 1.165) is 18.0 Å². The molecule has 3 N–H and O–H groups in total. The summed E-state index contributed by atoms with van der Waals surface area (Å²) in [6, 6.07) is -0.823. The van der Waals surface area contributed by atoms with Crippen LogP contribution in [0.15, 0.2) is 6.20 Å². The van der Waals surface area contributed by atoms with E-state index in [9.17, 15) is 14.7 Å². The standard InChI is InChI=1S/C11H15N5O4/c17-7-1-9(11(19)20)15(4-7)10(18)8-5-16(14-13-8)6-2-12-3-6/h5-7,9,12,17H,1-4H2,(H,19,20)/t7?,9-/m0/s1. The number of carbonyl (C=O) groups is 2. The predicted molar refractivity (Wildman–Crippen MR) is 65.0 cm³/mol. The molecule has 0 aromatic carbocycles. The minimum atomic E-state index is -1.12. The second-order valence-corrected chi connectivity index (χ2v) is 5.10. The van der Waals surface area contributed by atoms with Gasteiger partial charge in [-0.3, -0.25) is 4.79 Å². The van der Waals surface area contributed by atoms with E-state index < -0.39 is 24.0 Å². The second-order valence-electron chi connectivity index (χ2n) is 5.10. The van der Waals surface area contributed by atoms with Gasteiger partial charge in [0, 0.05) is 26.1 Å². The Bertz CT molecular complexity index is 541. The smallest absolute Gasteiger partial charge is 0.326 e. The van der Waals surface area contributed by atoms with Crippen molar-refractivity contribution in [1.29, 1.82) is 0 Å². The monoisotopic (exact) mass is 281 g/mol. The van der Waals surface area contributed by atoms with Crippen molar-refractivity contribution < 1.29 is 19.8 Å². The van der Waals surface area contributed by atoms with E-state index in [1.165, 1.54) is 6.20 Å². The summed E-state index contributed by atoms with van der Waals surface area (Å²) < 4.78 is 1.60. The fraction of sp³-hybridized carbons (Fsp3) is 0.636. The number of nitrogens with zero attached hydrogens (tertiary/aromatic N) is 4. The van der Waals surface area contributed by atoms with Crippen LogP contribution in [0.4, 0.5) is 0 Å². The molecule has 1 aromatic heterocycles. The van der Waals surface area contributed by atoms with Gasteiger partial charge in [-0.1, -0.05) is 5.21 Å². The van der Waals surface area contributed by atoms with Crippen molar-refractivity contribution >= 4 is 11.9 Å². The Balaban J connectivity index is 1.77. The number of aliphatic carboxylic acids is 1. The van der Waals surface area contributed by atoms with Crippen LogP contribution in [0, 0.1) is 0 Å². The minimum Gasteiger partial charge on any atom is -0.480 e. The lowest BCUT2D eigenvalue weighted by molar-refractivity contribution is -0.141. The molecular formula is C11H15N5O4. The number of aliphatic hydroxyl groups excluding tert-OH is 1. The largest absolute Gasteiger partial charge is 0.480 e. The summed E-state index contributed by atoms with van der Waals surface area (Å²) in [5.74, 6) is -1.63. The number of aliphatic hydroxyl groups is 1. The van der Waals surface area contributed by atoms with Crippen molar-refractivity contribution in [2.24, 2.45) is 0 Å². The van der Waals surface area contributed by atoms with Crippen molar-refractivity contribution in [2.75, 3.05) is 19.6 Å². The number of rotatable bonds is 3. The SMILES string of the molecule is O=C(O)[C@@H]1CC(O)CN1C(=O)c1cn(C2CNC2)nn1. The Morgan fingerprint density at radius 3 is 2.75 bits per heavy atom. The summed E-state index contributed by atoms with van der Waals surface area (Å²) in [5.41, 5.74) is 0.109. The van der Waals surface area contributed by atoms with Gasteiger partial charge in [0.15, 0.2) is 5.69 Å². The number of carboxylic acid groups (broad SMARTS) is 1. The third-order valence-electron chi connectivity index (χ3n) is 3.69. The molecule has 3 heterocycles. The van der Waals surface area contributed by atoms with Gasteiger partial charge >= 0.3 is 5.97 Å². The lowest BCUT2D eigenvalue weighted by Crippen LogP contribution is -2.43. The molecule has 20 heavy (non-hydrogen) atoms. The van der Waals surface area contributed by atoms with E-state index in [0.29, 0.717) is 0 Å². The molecule has 2 aliphatic heterocycles. The van der Waals surface area contributed by atoms with E-state index in [4.69, 9.17) is 5.11 Å². The highest BCUT2D eigenvalue weighted by molar-refractivity contribution is 5.95. The molecule has 0 bridgehead atoms. The molecular weight excluding hydrogens is 266 g/mol. The van der Waals surface area contributed by atoms with Gasteiger partial charge in [-0.2, -0.15) is 0 Å². The van der Waals surface area contributed by atoms with Crippen molar-refractivity contribution in [3.05, 3.63) is 11.9 Å². The maximum Gasteiger partial charge on any atom is 0.326 e. The number of likely N-dealkylation sites (tertiary alicyclic amines) is 1. The predicted octanol–water partition coefficient (Wildman–Crippen LogP) is -1.92. The van der Waals surface area contributed by atoms with Crippen LogP contribution in [-0.4, -0.2) is 73.8 Å². The Hall–Kier alpha value is -2.00. The lowest BCUT2D eigenvalue weighted by atomic mass is 10.2. The lowest BCUT2D eigenvalue weighted by Gasteiger charge is -2.26. The van der Waals surface area contributed by atoms with Crippen molar-refractivity contribution in [3.8, 4) is 0 Å². The molecule has 3 rings (SSSR count). The first-order valence-corrected chi connectivity index (χ1v) is 6.40. The quantitative estimate of drug-likeness (QED) is 0.590. The average Bonchev–Trinajstić information content (AvgIpc) is 2.93. The molecule has 2 saturated heterocycles. The molecule has 2 aliphatic rings. The molecule has 0 aliphatic carbocycles. The van der Waals surface area contributed by atoms with Gasteiger partial charge in [-0.05, 0) is 0 Å². The zero-order valence-corrected chi connectivity index (χ0v) is 10.6. The summed E-state index contributed by atoms with van der Waals surface area (Å²) in [4.78, 5) is 24.5. The van der Waals surface area contributed by atoms with E-state index in [-0.39, 0.29) is 24.7 Å². The van der Waals surface area contributed by atoms with Crippen LogP contribution >= 0.6 is 0 Å². The molecule has 0 saturated carbocycles. The van der Waals surface area contributed by atoms with Gasteiger partial charge < -0.3 is 20.4 Å². The van der Waals surface area contributed by atoms with Gasteiger partial charge in [-0.15, -0.1) is 5.10 Å². The summed E-state index contributed by atoms with van der Waals surface area (Å²) in [6.07, 6.45) is 0.755. The second kappa shape index (κ2) is 4.84. The van der Waals surface area contributed by atoms with Crippen LogP contribution in [-0.2, 0) is 4.79 Å². The number of hydrogen-bond donors (Lipinski definition) is 3. The van der Waals surface area contributed by atoms with Crippen LogP contribution in [0.5, 0.6) is 0 Å². The molecule has 1 unspecified atom stereocenters. The first kappa shape index (κ1) is 13.0. The summed E-state index contributed by atoms with van der Waals surface area (Å²) in [6.45, 7) is 1.56. The Labute approximate surface area is 114 Å². The zero-order valence-electron chi connectivity index (χ0n) is 10.6. The number of carbonyl (C=O) groups excluding carboxylic acids is 1. The molecule has 0 spiro atoms. The molecule has 1 amide bonds. The van der Waals surface area contributed by atoms with Gasteiger partial charge in [0.25, 0.3) is 5.91 Å². The van der Waals surface area contributed by atoms with E-state index in [1.807, 2.05) is 0 Å². The third-order valence-corrected chi connectivity index (χ3v) is 3.69. The van der Waals surface area contributed by atoms with Gasteiger partial charge in [0.2, 0.25) is 0 Å². The normalized spacial score (nSPS) is 26.6. The molecule has 0 radical (unpaired) electrons. The number of aromatic nitrogens is 3. The Morgan fingerprint density at radius 2 is 2.15 bits per heavy atom. The van der Waals surface area contributed by atoms with Crippen molar-refractivity contribution in [1.82, 2.24) is 25.2 Å². The van der Waals surface area contributed by atoms with E-state index in [2.05, 4.69) is 15.6 Å². The van der Waals surface area contributed by atoms with Gasteiger partial charge in [-0.25, -0.2) is 9.48 Å². The topological polar surface area (TPSA) is 121 Å². The molecule has 9 nitrogen and oxygen atoms in total. The first-order valence-electron chi connectivity index (χ1n) is 6.40. The van der Waals surface area contributed by atoms with Gasteiger partial charge in [0.05, 0.1) is 18.3 Å². The summed E-state index contributed by atoms with van der Waals surface area (Å²) in [7, 11) is 0.